The molecule has 0 unspecified atom stereocenters. The van der Waals surface area contributed by atoms with Crippen molar-refractivity contribution in [2.75, 3.05) is 13.6 Å². The molecule has 0 aromatic heterocycles. The Morgan fingerprint density at radius 3 is 2.80 bits per heavy atom. The van der Waals surface area contributed by atoms with E-state index in [2.05, 4.69) is 24.2 Å². The number of allylic oxidation sites excluding steroid dienone is 1. The second kappa shape index (κ2) is 2.01. The molecular weight excluding hydrogens is 122 g/mol. The van der Waals surface area contributed by atoms with Crippen molar-refractivity contribution in [1.29, 1.82) is 0 Å². The first-order valence-corrected chi connectivity index (χ1v) is 4.20. The Balaban J connectivity index is 2.06. The van der Waals surface area contributed by atoms with Crippen LogP contribution in [0.25, 0.3) is 0 Å². The lowest BCUT2D eigenvalue weighted by Crippen LogP contribution is -2.09. The van der Waals surface area contributed by atoms with Crippen molar-refractivity contribution in [2.45, 2.75) is 25.7 Å². The van der Waals surface area contributed by atoms with Crippen molar-refractivity contribution in [3.8, 4) is 0 Å². The van der Waals surface area contributed by atoms with Gasteiger partial charge in [0.25, 0.3) is 0 Å². The van der Waals surface area contributed by atoms with Crippen LogP contribution in [0.15, 0.2) is 12.3 Å². The Hall–Kier alpha value is -0.460. The molecule has 0 N–H and O–H groups in total. The molecule has 1 aliphatic heterocycles. The van der Waals surface area contributed by atoms with Crippen LogP contribution in [-0.4, -0.2) is 18.5 Å². The molecule has 0 radical (unpaired) electrons. The van der Waals surface area contributed by atoms with Crippen molar-refractivity contribution in [1.82, 2.24) is 4.90 Å². The Kier molecular flexibility index (Phi) is 1.26. The summed E-state index contributed by atoms with van der Waals surface area (Å²) >= 11 is 0. The fourth-order valence-corrected chi connectivity index (χ4v) is 1.70. The van der Waals surface area contributed by atoms with Gasteiger partial charge < -0.3 is 4.90 Å². The van der Waals surface area contributed by atoms with Gasteiger partial charge in [0.1, 0.15) is 0 Å². The average molecular weight is 137 g/mol. The normalized spacial score (nSPS) is 28.7. The highest BCUT2D eigenvalue weighted by Gasteiger charge is 2.39. The van der Waals surface area contributed by atoms with Gasteiger partial charge in [-0.3, -0.25) is 0 Å². The summed E-state index contributed by atoms with van der Waals surface area (Å²) in [6, 6.07) is 0. The molecule has 56 valence electrons. The smallest absolute Gasteiger partial charge is 0.0169 e. The van der Waals surface area contributed by atoms with E-state index in [-0.39, 0.29) is 0 Å². The first-order valence-electron chi connectivity index (χ1n) is 4.20. The first kappa shape index (κ1) is 6.26. The molecule has 0 amide bonds. The third kappa shape index (κ3) is 1.05. The van der Waals surface area contributed by atoms with Crippen LogP contribution in [0.2, 0.25) is 0 Å². The lowest BCUT2D eigenvalue weighted by molar-refractivity contribution is 0.438. The van der Waals surface area contributed by atoms with E-state index in [1.165, 1.54) is 32.2 Å². The monoisotopic (exact) mass is 137 g/mol. The van der Waals surface area contributed by atoms with Gasteiger partial charge in [0.2, 0.25) is 0 Å². The van der Waals surface area contributed by atoms with Crippen LogP contribution in [-0.2, 0) is 0 Å². The fourth-order valence-electron chi connectivity index (χ4n) is 1.70. The van der Waals surface area contributed by atoms with Gasteiger partial charge in [-0.2, -0.15) is 0 Å². The van der Waals surface area contributed by atoms with Gasteiger partial charge in [-0.25, -0.2) is 0 Å². The standard InChI is InChI=1S/C9H15N/c1-10-7-2-3-9(4-5-9)6-8-10/h6,8H,2-5,7H2,1H3. The molecule has 0 atom stereocenters. The molecule has 1 fully saturated rings. The van der Waals surface area contributed by atoms with Crippen LogP contribution in [0.4, 0.5) is 0 Å². The lowest BCUT2D eigenvalue weighted by atomic mass is 10.0. The van der Waals surface area contributed by atoms with Crippen LogP contribution in [0.3, 0.4) is 0 Å². The predicted molar refractivity (Wildman–Crippen MR) is 42.7 cm³/mol. The minimum Gasteiger partial charge on any atom is -0.381 e. The zero-order valence-corrected chi connectivity index (χ0v) is 6.64. The number of rotatable bonds is 0. The SMILES string of the molecule is CN1C=CC2(CCC1)CC2. The van der Waals surface area contributed by atoms with Crippen LogP contribution >= 0.6 is 0 Å². The van der Waals surface area contributed by atoms with E-state index in [9.17, 15) is 0 Å². The largest absolute Gasteiger partial charge is 0.381 e. The summed E-state index contributed by atoms with van der Waals surface area (Å²) in [5.74, 6) is 0. The number of hydrogen-bond acceptors (Lipinski definition) is 1. The van der Waals surface area contributed by atoms with Gasteiger partial charge in [-0.15, -0.1) is 0 Å². The van der Waals surface area contributed by atoms with Crippen molar-refractivity contribution in [3.05, 3.63) is 12.3 Å². The molecule has 10 heavy (non-hydrogen) atoms. The Morgan fingerprint density at radius 1 is 1.30 bits per heavy atom. The quantitative estimate of drug-likeness (QED) is 0.493. The summed E-state index contributed by atoms with van der Waals surface area (Å²) in [7, 11) is 2.16. The highest BCUT2D eigenvalue weighted by atomic mass is 15.1. The molecular formula is C9H15N. The Morgan fingerprint density at radius 2 is 2.10 bits per heavy atom. The van der Waals surface area contributed by atoms with Gasteiger partial charge in [-0.1, -0.05) is 6.08 Å². The average Bonchev–Trinajstić information content (AvgIpc) is 2.67. The summed E-state index contributed by atoms with van der Waals surface area (Å²) < 4.78 is 0. The fraction of sp³-hybridized carbons (Fsp3) is 0.778. The maximum absolute atomic E-state index is 2.42. The first-order chi connectivity index (χ1) is 4.81. The van der Waals surface area contributed by atoms with Crippen LogP contribution in [0.1, 0.15) is 25.7 Å². The van der Waals surface area contributed by atoms with Crippen molar-refractivity contribution < 1.29 is 0 Å². The summed E-state index contributed by atoms with van der Waals surface area (Å²) in [6.07, 6.45) is 10.4. The second-order valence-electron chi connectivity index (χ2n) is 3.76. The highest BCUT2D eigenvalue weighted by Crippen LogP contribution is 2.51. The van der Waals surface area contributed by atoms with Crippen LogP contribution in [0.5, 0.6) is 0 Å². The highest BCUT2D eigenvalue weighted by molar-refractivity contribution is 5.10. The zero-order valence-electron chi connectivity index (χ0n) is 6.64. The second-order valence-corrected chi connectivity index (χ2v) is 3.76. The molecule has 2 rings (SSSR count). The maximum atomic E-state index is 2.42. The van der Waals surface area contributed by atoms with Gasteiger partial charge in [0.05, 0.1) is 0 Å². The van der Waals surface area contributed by atoms with E-state index in [1.807, 2.05) is 0 Å². The minimum absolute atomic E-state index is 0.671. The minimum atomic E-state index is 0.671. The maximum Gasteiger partial charge on any atom is 0.0169 e. The predicted octanol–water partition coefficient (Wildman–Crippen LogP) is 2.01. The van der Waals surface area contributed by atoms with Gasteiger partial charge >= 0.3 is 0 Å². The molecule has 1 heteroatoms. The van der Waals surface area contributed by atoms with E-state index >= 15 is 0 Å². The van der Waals surface area contributed by atoms with E-state index in [1.54, 1.807) is 0 Å². The zero-order chi connectivity index (χ0) is 7.03. The molecule has 0 aromatic rings. The molecule has 0 bridgehead atoms. The van der Waals surface area contributed by atoms with Gasteiger partial charge in [0, 0.05) is 13.6 Å². The van der Waals surface area contributed by atoms with Crippen LogP contribution < -0.4 is 0 Å². The molecule has 0 aromatic carbocycles. The number of hydrogen-bond donors (Lipinski definition) is 0. The molecule has 1 heterocycles. The van der Waals surface area contributed by atoms with Crippen molar-refractivity contribution >= 4 is 0 Å². The molecule has 1 spiro atoms. The Labute approximate surface area is 62.7 Å². The summed E-state index contributed by atoms with van der Waals surface area (Å²) in [6.45, 7) is 1.25. The summed E-state index contributed by atoms with van der Waals surface area (Å²) in [5.41, 5.74) is 0.671. The van der Waals surface area contributed by atoms with E-state index in [0.29, 0.717) is 5.41 Å². The summed E-state index contributed by atoms with van der Waals surface area (Å²) in [5, 5.41) is 0. The number of nitrogens with zero attached hydrogens (tertiary/aromatic N) is 1. The lowest BCUT2D eigenvalue weighted by Gasteiger charge is -2.09. The van der Waals surface area contributed by atoms with Gasteiger partial charge in [-0.05, 0) is 37.3 Å². The molecule has 1 nitrogen and oxygen atoms in total. The molecule has 0 saturated heterocycles. The van der Waals surface area contributed by atoms with Crippen molar-refractivity contribution in [3.63, 3.8) is 0 Å². The Bertz CT molecular complexity index is 156. The summed E-state index contributed by atoms with van der Waals surface area (Å²) in [4.78, 5) is 2.30. The topological polar surface area (TPSA) is 3.24 Å². The van der Waals surface area contributed by atoms with E-state index in [4.69, 9.17) is 0 Å². The van der Waals surface area contributed by atoms with Gasteiger partial charge in [0.15, 0.2) is 0 Å². The van der Waals surface area contributed by atoms with E-state index in [0.717, 1.165) is 0 Å². The molecule has 1 saturated carbocycles. The third-order valence-electron chi connectivity index (χ3n) is 2.76. The van der Waals surface area contributed by atoms with Crippen LogP contribution in [0, 0.1) is 5.41 Å². The van der Waals surface area contributed by atoms with E-state index < -0.39 is 0 Å². The van der Waals surface area contributed by atoms with Crippen molar-refractivity contribution in [2.24, 2.45) is 5.41 Å². The third-order valence-corrected chi connectivity index (χ3v) is 2.76. The molecule has 1 aliphatic carbocycles. The molecule has 2 aliphatic rings.